The van der Waals surface area contributed by atoms with Crippen LogP contribution in [0, 0.1) is 0 Å². The minimum atomic E-state index is -1.57. The van der Waals surface area contributed by atoms with Gasteiger partial charge < -0.3 is 15.0 Å². The number of nitrogens with one attached hydrogen (secondary N) is 1. The van der Waals surface area contributed by atoms with Crippen LogP contribution in [0.3, 0.4) is 0 Å². The van der Waals surface area contributed by atoms with Gasteiger partial charge in [0.1, 0.15) is 0 Å². The van der Waals surface area contributed by atoms with Gasteiger partial charge in [0, 0.05) is 38.5 Å². The molecule has 1 rings (SSSR count). The van der Waals surface area contributed by atoms with Crippen LogP contribution in [-0.4, -0.2) is 63.9 Å². The van der Waals surface area contributed by atoms with Gasteiger partial charge in [-0.3, -0.25) is 4.90 Å². The number of β-amino-alcohol motifs (C(OH)–C–C–N with tert-alkyl or cyclic N) is 1. The van der Waals surface area contributed by atoms with E-state index in [9.17, 15) is 4.21 Å². The second-order valence-electron chi connectivity index (χ2n) is 2.93. The number of hydrogen-bond donors (Lipinski definition) is 3. The maximum Gasteiger partial charge on any atom is 0.152 e. The van der Waals surface area contributed by atoms with E-state index in [1.165, 1.54) is 0 Å². The minimum Gasteiger partial charge on any atom is -0.395 e. The second kappa shape index (κ2) is 9.54. The molecule has 0 amide bonds. The molecule has 0 aromatic rings. The summed E-state index contributed by atoms with van der Waals surface area (Å²) in [5, 5.41) is 11.8. The maximum absolute atomic E-state index is 9.48. The average Bonchev–Trinajstić information content (AvgIpc) is 2.21. The first-order valence-corrected chi connectivity index (χ1v) is 6.09. The van der Waals surface area contributed by atoms with Crippen molar-refractivity contribution in [1.29, 1.82) is 0 Å². The Morgan fingerprint density at radius 1 is 1.43 bits per heavy atom. The van der Waals surface area contributed by atoms with Crippen LogP contribution in [0.1, 0.15) is 6.92 Å². The molecule has 1 aliphatic heterocycles. The third kappa shape index (κ3) is 8.58. The van der Waals surface area contributed by atoms with Crippen molar-refractivity contribution in [3.63, 3.8) is 0 Å². The van der Waals surface area contributed by atoms with Crippen molar-refractivity contribution in [1.82, 2.24) is 10.2 Å². The van der Waals surface area contributed by atoms with E-state index in [2.05, 4.69) is 10.2 Å². The first kappa shape index (κ1) is 14.0. The van der Waals surface area contributed by atoms with E-state index in [4.69, 9.17) is 9.66 Å². The van der Waals surface area contributed by atoms with E-state index in [1.54, 1.807) is 6.92 Å². The topological polar surface area (TPSA) is 72.8 Å². The van der Waals surface area contributed by atoms with E-state index in [-0.39, 0.29) is 0 Å². The lowest BCUT2D eigenvalue weighted by Gasteiger charge is -2.25. The Bertz CT molecular complexity index is 149. The van der Waals surface area contributed by atoms with Gasteiger partial charge in [0.05, 0.1) is 6.61 Å². The first-order valence-electron chi connectivity index (χ1n) is 4.82. The monoisotopic (exact) mass is 224 g/mol. The van der Waals surface area contributed by atoms with Gasteiger partial charge in [0.25, 0.3) is 0 Å². The lowest BCUT2D eigenvalue weighted by Crippen LogP contribution is -2.44. The summed E-state index contributed by atoms with van der Waals surface area (Å²) in [7, 11) is 0. The Hall–Kier alpha value is -0.0100. The summed E-state index contributed by atoms with van der Waals surface area (Å²) in [5.74, 6) is 0.333. The van der Waals surface area contributed by atoms with Gasteiger partial charge in [-0.1, -0.05) is 6.92 Å². The average molecular weight is 224 g/mol. The molecule has 0 radical (unpaired) electrons. The number of aliphatic hydroxyl groups is 1. The van der Waals surface area contributed by atoms with E-state index in [0.29, 0.717) is 12.4 Å². The molecule has 1 atom stereocenters. The van der Waals surface area contributed by atoms with Crippen molar-refractivity contribution < 1.29 is 13.9 Å². The standard InChI is InChI=1S/C6H14N2O.C2H6O2S/c9-6-5-8-3-1-7-2-4-8;1-2-5(3)4/h7,9H,1-6H2;2H2,1H3,(H,3,4). The largest absolute Gasteiger partial charge is 0.395 e. The molecule has 0 bridgehead atoms. The van der Waals surface area contributed by atoms with Crippen LogP contribution < -0.4 is 5.32 Å². The van der Waals surface area contributed by atoms with Crippen LogP contribution in [0.15, 0.2) is 0 Å². The summed E-state index contributed by atoms with van der Waals surface area (Å²) in [4.78, 5) is 2.26. The van der Waals surface area contributed by atoms with E-state index >= 15 is 0 Å². The molecule has 1 aliphatic rings. The number of hydrogen-bond acceptors (Lipinski definition) is 4. The normalized spacial score (nSPS) is 19.6. The fourth-order valence-electron chi connectivity index (χ4n) is 1.08. The summed E-state index contributed by atoms with van der Waals surface area (Å²) < 4.78 is 17.3. The molecule has 14 heavy (non-hydrogen) atoms. The third-order valence-corrected chi connectivity index (χ3v) is 2.37. The zero-order valence-corrected chi connectivity index (χ0v) is 9.42. The Balaban J connectivity index is 0.000000292. The Morgan fingerprint density at radius 3 is 2.29 bits per heavy atom. The highest BCUT2D eigenvalue weighted by atomic mass is 32.2. The van der Waals surface area contributed by atoms with Gasteiger partial charge in [-0.2, -0.15) is 0 Å². The second-order valence-corrected chi connectivity index (χ2v) is 4.15. The van der Waals surface area contributed by atoms with Gasteiger partial charge in [-0.05, 0) is 0 Å². The molecule has 1 saturated heterocycles. The highest BCUT2D eigenvalue weighted by Crippen LogP contribution is 1.88. The predicted molar refractivity (Wildman–Crippen MR) is 57.7 cm³/mol. The molecule has 0 aromatic heterocycles. The van der Waals surface area contributed by atoms with Crippen LogP contribution in [0.25, 0.3) is 0 Å². The smallest absolute Gasteiger partial charge is 0.152 e. The van der Waals surface area contributed by atoms with Crippen molar-refractivity contribution in [3.05, 3.63) is 0 Å². The predicted octanol–water partition coefficient (Wildman–Crippen LogP) is -0.888. The number of piperazine rings is 1. The highest BCUT2D eigenvalue weighted by Gasteiger charge is 2.06. The molecule has 0 aromatic carbocycles. The van der Waals surface area contributed by atoms with Gasteiger partial charge in [-0.25, -0.2) is 4.21 Å². The van der Waals surface area contributed by atoms with Crippen molar-refractivity contribution in [2.75, 3.05) is 45.1 Å². The molecule has 0 spiro atoms. The Morgan fingerprint density at radius 2 is 1.93 bits per heavy atom. The van der Waals surface area contributed by atoms with Gasteiger partial charge in [-0.15, -0.1) is 0 Å². The van der Waals surface area contributed by atoms with Crippen LogP contribution in [-0.2, 0) is 11.1 Å². The van der Waals surface area contributed by atoms with Crippen molar-refractivity contribution in [2.24, 2.45) is 0 Å². The van der Waals surface area contributed by atoms with E-state index in [1.807, 2.05) is 0 Å². The lowest BCUT2D eigenvalue weighted by molar-refractivity contribution is 0.180. The fourth-order valence-corrected chi connectivity index (χ4v) is 1.08. The van der Waals surface area contributed by atoms with Crippen LogP contribution >= 0.6 is 0 Å². The SMILES string of the molecule is CCS(=O)O.OCCN1CCNCC1. The first-order chi connectivity index (χ1) is 6.70. The minimum absolute atomic E-state index is 0.292. The number of rotatable bonds is 3. The maximum atomic E-state index is 9.48. The molecule has 0 saturated carbocycles. The Labute approximate surface area is 87.8 Å². The zero-order valence-electron chi connectivity index (χ0n) is 8.61. The third-order valence-electron chi connectivity index (χ3n) is 1.87. The van der Waals surface area contributed by atoms with Gasteiger partial charge >= 0.3 is 0 Å². The van der Waals surface area contributed by atoms with Crippen molar-refractivity contribution in [2.45, 2.75) is 6.92 Å². The van der Waals surface area contributed by atoms with Gasteiger partial charge in [0.2, 0.25) is 0 Å². The molecule has 0 aliphatic carbocycles. The molecule has 6 heteroatoms. The summed E-state index contributed by atoms with van der Waals surface area (Å²) in [5.41, 5.74) is 0. The molecule has 3 N–H and O–H groups in total. The van der Waals surface area contributed by atoms with Crippen molar-refractivity contribution in [3.8, 4) is 0 Å². The summed E-state index contributed by atoms with van der Waals surface area (Å²) in [6.45, 7) is 7.08. The molecule has 1 fully saturated rings. The van der Waals surface area contributed by atoms with Crippen molar-refractivity contribution >= 4 is 11.1 Å². The van der Waals surface area contributed by atoms with Crippen LogP contribution in [0.4, 0.5) is 0 Å². The molecular weight excluding hydrogens is 204 g/mol. The Kier molecular flexibility index (Phi) is 9.53. The number of nitrogens with zero attached hydrogens (tertiary/aromatic N) is 1. The number of aliphatic hydroxyl groups excluding tert-OH is 1. The molecule has 86 valence electrons. The molecule has 5 nitrogen and oxygen atoms in total. The fraction of sp³-hybridized carbons (Fsp3) is 1.00. The van der Waals surface area contributed by atoms with Crippen LogP contribution in [0.5, 0.6) is 0 Å². The molecule has 1 heterocycles. The molecule has 1 unspecified atom stereocenters. The highest BCUT2D eigenvalue weighted by molar-refractivity contribution is 7.79. The molecular formula is C8H20N2O3S. The van der Waals surface area contributed by atoms with E-state index < -0.39 is 11.1 Å². The summed E-state index contributed by atoms with van der Waals surface area (Å²) >= 11 is -1.57. The zero-order chi connectivity index (χ0) is 10.8. The summed E-state index contributed by atoms with van der Waals surface area (Å²) in [6, 6.07) is 0. The van der Waals surface area contributed by atoms with E-state index in [0.717, 1.165) is 32.7 Å². The van der Waals surface area contributed by atoms with Gasteiger partial charge in [0.15, 0.2) is 11.1 Å². The summed E-state index contributed by atoms with van der Waals surface area (Å²) in [6.07, 6.45) is 0. The lowest BCUT2D eigenvalue weighted by atomic mass is 10.4. The quantitative estimate of drug-likeness (QED) is 0.543. The van der Waals surface area contributed by atoms with Crippen LogP contribution in [0.2, 0.25) is 0 Å².